The molecule has 0 atom stereocenters. The zero-order valence-corrected chi connectivity index (χ0v) is 15.6. The largest absolute Gasteiger partial charge is 0.495 e. The number of ether oxygens (including phenoxy) is 2. The Morgan fingerprint density at radius 2 is 1.85 bits per heavy atom. The highest BCUT2D eigenvalue weighted by Gasteiger charge is 2.22. The SMILES string of the molecule is CCc1cc(OCC(=O)O)nc(N2CCN(c3ccccc3OC)CC2)n1. The summed E-state index contributed by atoms with van der Waals surface area (Å²) in [7, 11) is 1.68. The van der Waals surface area contributed by atoms with Gasteiger partial charge in [-0.1, -0.05) is 19.1 Å². The Labute approximate surface area is 158 Å². The van der Waals surface area contributed by atoms with Crippen LogP contribution in [-0.2, 0) is 11.2 Å². The van der Waals surface area contributed by atoms with Gasteiger partial charge in [0.05, 0.1) is 12.8 Å². The van der Waals surface area contributed by atoms with Crippen LogP contribution in [0, 0.1) is 0 Å². The van der Waals surface area contributed by atoms with Gasteiger partial charge in [-0.15, -0.1) is 0 Å². The van der Waals surface area contributed by atoms with Gasteiger partial charge in [-0.25, -0.2) is 9.78 Å². The van der Waals surface area contributed by atoms with Crippen molar-refractivity contribution in [2.45, 2.75) is 13.3 Å². The van der Waals surface area contributed by atoms with Crippen molar-refractivity contribution in [3.63, 3.8) is 0 Å². The average molecular weight is 372 g/mol. The Kier molecular flexibility index (Phi) is 5.95. The van der Waals surface area contributed by atoms with Crippen LogP contribution in [0.15, 0.2) is 30.3 Å². The maximum Gasteiger partial charge on any atom is 0.341 e. The summed E-state index contributed by atoms with van der Waals surface area (Å²) in [5, 5.41) is 8.80. The highest BCUT2D eigenvalue weighted by Crippen LogP contribution is 2.29. The van der Waals surface area contributed by atoms with Crippen LogP contribution in [-0.4, -0.2) is 60.9 Å². The third-order valence-electron chi connectivity index (χ3n) is 4.44. The molecule has 1 N–H and O–H groups in total. The highest BCUT2D eigenvalue weighted by molar-refractivity contribution is 5.68. The summed E-state index contributed by atoms with van der Waals surface area (Å²) in [4.78, 5) is 24.1. The first-order valence-corrected chi connectivity index (χ1v) is 8.96. The number of methoxy groups -OCH3 is 1. The number of benzene rings is 1. The maximum atomic E-state index is 10.7. The van der Waals surface area contributed by atoms with Gasteiger partial charge < -0.3 is 24.4 Å². The van der Waals surface area contributed by atoms with Crippen LogP contribution < -0.4 is 19.3 Å². The molecule has 2 aromatic rings. The molecule has 3 rings (SSSR count). The number of carboxylic acids is 1. The van der Waals surface area contributed by atoms with E-state index in [2.05, 4.69) is 25.8 Å². The van der Waals surface area contributed by atoms with E-state index in [0.29, 0.717) is 11.8 Å². The summed E-state index contributed by atoms with van der Waals surface area (Å²) in [6.07, 6.45) is 0.722. The van der Waals surface area contributed by atoms with Crippen molar-refractivity contribution in [1.82, 2.24) is 9.97 Å². The van der Waals surface area contributed by atoms with Crippen molar-refractivity contribution >= 4 is 17.6 Å². The molecule has 2 heterocycles. The molecule has 1 aromatic heterocycles. The van der Waals surface area contributed by atoms with E-state index in [1.807, 2.05) is 25.1 Å². The molecule has 0 unspecified atom stereocenters. The molecule has 1 saturated heterocycles. The molecule has 0 spiro atoms. The quantitative estimate of drug-likeness (QED) is 0.788. The molecule has 0 amide bonds. The second kappa shape index (κ2) is 8.57. The fourth-order valence-electron chi connectivity index (χ4n) is 3.03. The van der Waals surface area contributed by atoms with Crippen LogP contribution >= 0.6 is 0 Å². The van der Waals surface area contributed by atoms with Gasteiger partial charge in [0.25, 0.3) is 0 Å². The molecular weight excluding hydrogens is 348 g/mol. The molecular formula is C19H24N4O4. The number of para-hydroxylation sites is 2. The number of piperazine rings is 1. The van der Waals surface area contributed by atoms with E-state index in [4.69, 9.17) is 14.6 Å². The van der Waals surface area contributed by atoms with Crippen LogP contribution in [0.5, 0.6) is 11.6 Å². The van der Waals surface area contributed by atoms with E-state index in [1.54, 1.807) is 13.2 Å². The van der Waals surface area contributed by atoms with Crippen LogP contribution in [0.2, 0.25) is 0 Å². The number of hydrogen-bond acceptors (Lipinski definition) is 7. The third-order valence-corrected chi connectivity index (χ3v) is 4.44. The molecule has 8 heteroatoms. The van der Waals surface area contributed by atoms with E-state index < -0.39 is 12.6 Å². The Hall–Kier alpha value is -3.03. The number of aliphatic carboxylic acids is 1. The summed E-state index contributed by atoms with van der Waals surface area (Å²) < 4.78 is 10.7. The molecule has 0 aliphatic carbocycles. The molecule has 1 fully saturated rings. The van der Waals surface area contributed by atoms with Crippen molar-refractivity contribution in [2.75, 3.05) is 49.7 Å². The molecule has 27 heavy (non-hydrogen) atoms. The lowest BCUT2D eigenvalue weighted by Gasteiger charge is -2.36. The number of aryl methyl sites for hydroxylation is 1. The van der Waals surface area contributed by atoms with Gasteiger partial charge in [0, 0.05) is 37.9 Å². The van der Waals surface area contributed by atoms with Crippen molar-refractivity contribution < 1.29 is 19.4 Å². The van der Waals surface area contributed by atoms with E-state index >= 15 is 0 Å². The van der Waals surface area contributed by atoms with Crippen molar-refractivity contribution in [3.8, 4) is 11.6 Å². The topological polar surface area (TPSA) is 88.0 Å². The lowest BCUT2D eigenvalue weighted by atomic mass is 10.2. The van der Waals surface area contributed by atoms with E-state index in [9.17, 15) is 4.79 Å². The summed E-state index contributed by atoms with van der Waals surface area (Å²) in [5.41, 5.74) is 1.90. The molecule has 8 nitrogen and oxygen atoms in total. The summed E-state index contributed by atoms with van der Waals surface area (Å²) in [6, 6.07) is 9.67. The van der Waals surface area contributed by atoms with Crippen LogP contribution in [0.1, 0.15) is 12.6 Å². The highest BCUT2D eigenvalue weighted by atomic mass is 16.5. The molecule has 1 aromatic carbocycles. The van der Waals surface area contributed by atoms with Crippen LogP contribution in [0.4, 0.5) is 11.6 Å². The Morgan fingerprint density at radius 3 is 2.52 bits per heavy atom. The molecule has 0 saturated carbocycles. The van der Waals surface area contributed by atoms with Gasteiger partial charge in [-0.2, -0.15) is 4.98 Å². The average Bonchev–Trinajstić information content (AvgIpc) is 2.72. The zero-order valence-electron chi connectivity index (χ0n) is 15.6. The number of rotatable bonds is 7. The number of anilines is 2. The Morgan fingerprint density at radius 1 is 1.15 bits per heavy atom. The Bertz CT molecular complexity index is 791. The first kappa shape index (κ1) is 18.8. The predicted octanol–water partition coefficient (Wildman–Crippen LogP) is 1.84. The second-order valence-electron chi connectivity index (χ2n) is 6.18. The fraction of sp³-hybridized carbons (Fsp3) is 0.421. The van der Waals surface area contributed by atoms with Gasteiger partial charge in [0.1, 0.15) is 5.75 Å². The van der Waals surface area contributed by atoms with E-state index in [-0.39, 0.29) is 0 Å². The molecule has 0 bridgehead atoms. The van der Waals surface area contributed by atoms with Crippen LogP contribution in [0.25, 0.3) is 0 Å². The van der Waals surface area contributed by atoms with Gasteiger partial charge in [0.15, 0.2) is 6.61 Å². The van der Waals surface area contributed by atoms with E-state index in [1.165, 1.54) is 0 Å². The summed E-state index contributed by atoms with van der Waals surface area (Å²) >= 11 is 0. The molecule has 144 valence electrons. The summed E-state index contributed by atoms with van der Waals surface area (Å²) in [5.74, 6) is 0.707. The molecule has 0 radical (unpaired) electrons. The third kappa shape index (κ3) is 4.58. The zero-order chi connectivity index (χ0) is 19.2. The maximum absolute atomic E-state index is 10.7. The standard InChI is InChI=1S/C19H24N4O4/c1-3-14-12-17(27-13-18(24)25)21-19(20-14)23-10-8-22(9-11-23)15-6-4-5-7-16(15)26-2/h4-7,12H,3,8-11,13H2,1-2H3,(H,24,25). The van der Waals surface area contributed by atoms with Gasteiger partial charge in [-0.05, 0) is 18.6 Å². The normalized spacial score (nSPS) is 14.1. The van der Waals surface area contributed by atoms with Crippen molar-refractivity contribution in [3.05, 3.63) is 36.0 Å². The molecule has 1 aliphatic heterocycles. The van der Waals surface area contributed by atoms with Gasteiger partial charge in [-0.3, -0.25) is 0 Å². The fourth-order valence-corrected chi connectivity index (χ4v) is 3.03. The lowest BCUT2D eigenvalue weighted by molar-refractivity contribution is -0.139. The number of hydrogen-bond donors (Lipinski definition) is 1. The minimum atomic E-state index is -1.03. The number of nitrogens with zero attached hydrogens (tertiary/aromatic N) is 4. The minimum absolute atomic E-state index is 0.298. The summed E-state index contributed by atoms with van der Waals surface area (Å²) in [6.45, 7) is 4.71. The molecule has 1 aliphatic rings. The number of aromatic nitrogens is 2. The monoisotopic (exact) mass is 372 g/mol. The minimum Gasteiger partial charge on any atom is -0.495 e. The number of carboxylic acid groups (broad SMARTS) is 1. The first-order chi connectivity index (χ1) is 13.1. The Balaban J connectivity index is 1.71. The van der Waals surface area contributed by atoms with Crippen molar-refractivity contribution in [2.24, 2.45) is 0 Å². The second-order valence-corrected chi connectivity index (χ2v) is 6.18. The first-order valence-electron chi connectivity index (χ1n) is 8.96. The lowest BCUT2D eigenvalue weighted by Crippen LogP contribution is -2.47. The van der Waals surface area contributed by atoms with Crippen molar-refractivity contribution in [1.29, 1.82) is 0 Å². The van der Waals surface area contributed by atoms with Crippen LogP contribution in [0.3, 0.4) is 0 Å². The van der Waals surface area contributed by atoms with Gasteiger partial charge >= 0.3 is 5.97 Å². The number of carbonyl (C=O) groups is 1. The predicted molar refractivity (Wildman–Crippen MR) is 102 cm³/mol. The smallest absolute Gasteiger partial charge is 0.341 e. The van der Waals surface area contributed by atoms with Gasteiger partial charge in [0.2, 0.25) is 11.8 Å². The van der Waals surface area contributed by atoms with E-state index in [0.717, 1.165) is 49.7 Å².